The second-order valence-electron chi connectivity index (χ2n) is 6.04. The molecule has 0 unspecified atom stereocenters. The van der Waals surface area contributed by atoms with Crippen LogP contribution in [0.2, 0.25) is 0 Å². The molecule has 1 spiro atoms. The number of ether oxygens (including phenoxy) is 1. The van der Waals surface area contributed by atoms with Crippen LogP contribution in [-0.2, 0) is 0 Å². The second kappa shape index (κ2) is 5.64. The van der Waals surface area contributed by atoms with E-state index in [2.05, 4.69) is 21.7 Å². The van der Waals surface area contributed by atoms with E-state index >= 15 is 0 Å². The fourth-order valence-electron chi connectivity index (χ4n) is 3.25. The fraction of sp³-hybridized carbons (Fsp3) is 0.562. The lowest BCUT2D eigenvalue weighted by atomic mass is 9.73. The molecule has 0 amide bonds. The van der Waals surface area contributed by atoms with Crippen LogP contribution in [0.5, 0.6) is 5.75 Å². The van der Waals surface area contributed by atoms with Crippen molar-refractivity contribution in [3.63, 3.8) is 0 Å². The first-order chi connectivity index (χ1) is 10.1. The van der Waals surface area contributed by atoms with Crippen molar-refractivity contribution in [1.29, 1.82) is 0 Å². The van der Waals surface area contributed by atoms with E-state index in [1.54, 1.807) is 19.2 Å². The molecular weight excluding hydrogens is 269 g/mol. The van der Waals surface area contributed by atoms with Gasteiger partial charge in [0.1, 0.15) is 24.0 Å². The van der Waals surface area contributed by atoms with Crippen LogP contribution >= 0.6 is 0 Å². The van der Waals surface area contributed by atoms with Crippen molar-refractivity contribution < 1.29 is 9.13 Å². The van der Waals surface area contributed by atoms with Crippen LogP contribution in [0.4, 0.5) is 4.39 Å². The van der Waals surface area contributed by atoms with E-state index in [-0.39, 0.29) is 5.82 Å². The molecule has 1 aromatic rings. The number of amidine groups is 1. The lowest BCUT2D eigenvalue weighted by Gasteiger charge is -2.61. The molecule has 0 atom stereocenters. The molecule has 5 heteroatoms. The molecule has 2 aliphatic rings. The molecule has 0 aromatic heterocycles. The monoisotopic (exact) mass is 291 g/mol. The van der Waals surface area contributed by atoms with Gasteiger partial charge in [-0.2, -0.15) is 0 Å². The van der Waals surface area contributed by atoms with Crippen LogP contribution < -0.4 is 4.74 Å². The quantitative estimate of drug-likeness (QED) is 0.626. The van der Waals surface area contributed by atoms with Crippen molar-refractivity contribution in [2.24, 2.45) is 10.4 Å². The van der Waals surface area contributed by atoms with Crippen LogP contribution in [-0.4, -0.2) is 62.0 Å². The summed E-state index contributed by atoms with van der Waals surface area (Å²) in [5.74, 6) is 1.40. The van der Waals surface area contributed by atoms with E-state index in [0.29, 0.717) is 17.8 Å². The topological polar surface area (TPSA) is 28.1 Å². The predicted octanol–water partition coefficient (Wildman–Crippen LogP) is 1.87. The first-order valence-corrected chi connectivity index (χ1v) is 7.45. The van der Waals surface area contributed by atoms with Gasteiger partial charge in [-0.05, 0) is 30.8 Å². The molecule has 2 fully saturated rings. The Hall–Kier alpha value is -1.62. The van der Waals surface area contributed by atoms with Gasteiger partial charge in [-0.15, -0.1) is 0 Å². The van der Waals surface area contributed by atoms with Crippen molar-refractivity contribution >= 4 is 5.84 Å². The highest BCUT2D eigenvalue weighted by Crippen LogP contribution is 2.39. The van der Waals surface area contributed by atoms with Gasteiger partial charge in [0.15, 0.2) is 0 Å². The maximum atomic E-state index is 12.8. The van der Waals surface area contributed by atoms with Gasteiger partial charge in [-0.1, -0.05) is 6.92 Å². The molecular formula is C16H22FN3O. The summed E-state index contributed by atoms with van der Waals surface area (Å²) in [5.41, 5.74) is 0.488. The largest absolute Gasteiger partial charge is 0.486 e. The molecule has 2 heterocycles. The molecule has 21 heavy (non-hydrogen) atoms. The number of nitrogens with zero attached hydrogens (tertiary/aromatic N) is 3. The lowest BCUT2D eigenvalue weighted by Crippen LogP contribution is -2.73. The van der Waals surface area contributed by atoms with Gasteiger partial charge in [0.05, 0.1) is 0 Å². The molecule has 0 aliphatic carbocycles. The Balaban J connectivity index is 1.48. The Kier molecular flexibility index (Phi) is 3.85. The van der Waals surface area contributed by atoms with E-state index in [9.17, 15) is 4.39 Å². The second-order valence-corrected chi connectivity index (χ2v) is 6.04. The zero-order valence-electron chi connectivity index (χ0n) is 12.7. The Labute approximate surface area is 125 Å². The highest BCUT2D eigenvalue weighted by Gasteiger charge is 2.51. The number of likely N-dealkylation sites (tertiary alicyclic amines) is 2. The van der Waals surface area contributed by atoms with Crippen LogP contribution in [0.1, 0.15) is 6.92 Å². The van der Waals surface area contributed by atoms with Gasteiger partial charge >= 0.3 is 0 Å². The number of benzene rings is 1. The summed E-state index contributed by atoms with van der Waals surface area (Å²) >= 11 is 0. The summed E-state index contributed by atoms with van der Waals surface area (Å²) in [6, 6.07) is 6.10. The minimum absolute atomic E-state index is 0.248. The average Bonchev–Trinajstić information content (AvgIpc) is 2.41. The molecule has 0 bridgehead atoms. The van der Waals surface area contributed by atoms with E-state index < -0.39 is 0 Å². The summed E-state index contributed by atoms with van der Waals surface area (Å²) < 4.78 is 18.5. The summed E-state index contributed by atoms with van der Waals surface area (Å²) in [5, 5.41) is 0. The highest BCUT2D eigenvalue weighted by atomic mass is 19.1. The third kappa shape index (κ3) is 2.88. The van der Waals surface area contributed by atoms with Crippen molar-refractivity contribution in [1.82, 2.24) is 9.80 Å². The van der Waals surface area contributed by atoms with E-state index in [0.717, 1.165) is 25.5 Å². The van der Waals surface area contributed by atoms with E-state index in [4.69, 9.17) is 4.74 Å². The van der Waals surface area contributed by atoms with Crippen LogP contribution in [0, 0.1) is 11.2 Å². The molecule has 0 radical (unpaired) electrons. The van der Waals surface area contributed by atoms with Crippen molar-refractivity contribution in [2.75, 3.05) is 46.4 Å². The highest BCUT2D eigenvalue weighted by molar-refractivity contribution is 5.84. The number of rotatable bonds is 4. The van der Waals surface area contributed by atoms with Gasteiger partial charge in [0.2, 0.25) is 0 Å². The summed E-state index contributed by atoms with van der Waals surface area (Å²) in [6.45, 7) is 8.34. The number of hydrogen-bond acceptors (Lipinski definition) is 3. The molecule has 2 aliphatic heterocycles. The Bertz CT molecular complexity index is 515. The summed E-state index contributed by atoms with van der Waals surface area (Å²) in [7, 11) is 1.80. The van der Waals surface area contributed by atoms with Gasteiger partial charge in [-0.25, -0.2) is 4.39 Å². The number of aliphatic imine (C=N–C) groups is 1. The van der Waals surface area contributed by atoms with Gasteiger partial charge in [0, 0.05) is 38.6 Å². The molecule has 4 nitrogen and oxygen atoms in total. The summed E-state index contributed by atoms with van der Waals surface area (Å²) in [6.07, 6.45) is 0. The van der Waals surface area contributed by atoms with Gasteiger partial charge in [0.25, 0.3) is 0 Å². The zero-order valence-corrected chi connectivity index (χ0v) is 12.7. The Morgan fingerprint density at radius 3 is 2.48 bits per heavy atom. The molecule has 1 aromatic carbocycles. The summed E-state index contributed by atoms with van der Waals surface area (Å²) in [4.78, 5) is 9.09. The minimum Gasteiger partial charge on any atom is -0.486 e. The number of halogens is 1. The third-order valence-corrected chi connectivity index (χ3v) is 4.42. The van der Waals surface area contributed by atoms with Crippen molar-refractivity contribution in [2.45, 2.75) is 6.92 Å². The van der Waals surface area contributed by atoms with Crippen LogP contribution in [0.15, 0.2) is 29.3 Å². The minimum atomic E-state index is -0.248. The molecule has 0 saturated carbocycles. The van der Waals surface area contributed by atoms with Crippen molar-refractivity contribution in [3.05, 3.63) is 30.1 Å². The lowest BCUT2D eigenvalue weighted by molar-refractivity contribution is -0.0851. The molecule has 3 rings (SSSR count). The maximum Gasteiger partial charge on any atom is 0.145 e. The molecule has 114 valence electrons. The van der Waals surface area contributed by atoms with E-state index in [1.807, 2.05) is 0 Å². The predicted molar refractivity (Wildman–Crippen MR) is 81.4 cm³/mol. The van der Waals surface area contributed by atoms with Gasteiger partial charge < -0.3 is 14.5 Å². The van der Waals surface area contributed by atoms with Crippen LogP contribution in [0.3, 0.4) is 0 Å². The smallest absolute Gasteiger partial charge is 0.145 e. The average molecular weight is 291 g/mol. The molecule has 0 N–H and O–H groups in total. The fourth-order valence-corrected chi connectivity index (χ4v) is 3.25. The Morgan fingerprint density at radius 2 is 1.90 bits per heavy atom. The van der Waals surface area contributed by atoms with Crippen molar-refractivity contribution in [3.8, 4) is 5.75 Å². The van der Waals surface area contributed by atoms with Crippen LogP contribution in [0.25, 0.3) is 0 Å². The zero-order chi connectivity index (χ0) is 14.9. The first-order valence-electron chi connectivity index (χ1n) is 7.45. The SMILES string of the molecule is CCN1CC2(C1)CN(C(COc1ccc(F)cc1)=NC)C2. The maximum absolute atomic E-state index is 12.8. The normalized spacial score (nSPS) is 21.1. The Morgan fingerprint density at radius 1 is 1.24 bits per heavy atom. The van der Waals surface area contributed by atoms with Gasteiger partial charge in [-0.3, -0.25) is 4.99 Å². The first kappa shape index (κ1) is 14.3. The molecule has 2 saturated heterocycles. The third-order valence-electron chi connectivity index (χ3n) is 4.42. The standard InChI is InChI=1S/C16H22FN3O/c1-3-19-9-16(10-19)11-20(12-16)15(18-2)8-21-14-6-4-13(17)5-7-14/h4-7H,3,8-12H2,1-2H3. The number of hydrogen-bond donors (Lipinski definition) is 0. The van der Waals surface area contributed by atoms with E-state index in [1.165, 1.54) is 25.2 Å².